The highest BCUT2D eigenvalue weighted by Gasteiger charge is 2.76. The SMILES string of the molecule is COc1cc(C2C3=CCC4C(=O)N(CCC(=O)O)C(=O)C4C3CC3(Cl)C(=O)N(c4ccc(F)cc4)C(=O)C23Cl)c(Br)c(Br)c1O. The van der Waals surface area contributed by atoms with Crippen molar-refractivity contribution >= 4 is 90.3 Å². The second-order valence-electron chi connectivity index (χ2n) is 11.4. The maximum Gasteiger partial charge on any atom is 0.305 e. The zero-order valence-corrected chi connectivity index (χ0v) is 27.9. The molecule has 2 aliphatic carbocycles. The van der Waals surface area contributed by atoms with Crippen molar-refractivity contribution in [3.05, 3.63) is 62.3 Å². The normalized spacial score (nSPS) is 30.7. The van der Waals surface area contributed by atoms with E-state index in [0.717, 1.165) is 21.9 Å². The average Bonchev–Trinajstić information content (AvgIpc) is 3.33. The number of likely N-dealkylation sites (tertiary alicyclic amines) is 1. The molecule has 236 valence electrons. The van der Waals surface area contributed by atoms with Crippen LogP contribution in [0.4, 0.5) is 10.1 Å². The van der Waals surface area contributed by atoms with Gasteiger partial charge in [0, 0.05) is 16.9 Å². The van der Waals surface area contributed by atoms with Gasteiger partial charge in [0.25, 0.3) is 11.8 Å². The van der Waals surface area contributed by atoms with Gasteiger partial charge in [-0.15, -0.1) is 23.2 Å². The number of imide groups is 2. The molecule has 0 radical (unpaired) electrons. The highest BCUT2D eigenvalue weighted by atomic mass is 79.9. The van der Waals surface area contributed by atoms with E-state index in [-0.39, 0.29) is 45.5 Å². The van der Waals surface area contributed by atoms with Crippen LogP contribution in [0.3, 0.4) is 0 Å². The van der Waals surface area contributed by atoms with Crippen molar-refractivity contribution in [2.45, 2.75) is 34.9 Å². The minimum absolute atomic E-state index is 0.0102. The van der Waals surface area contributed by atoms with Gasteiger partial charge < -0.3 is 14.9 Å². The molecule has 1 saturated carbocycles. The van der Waals surface area contributed by atoms with E-state index in [1.165, 1.54) is 25.3 Å². The number of halogens is 5. The van der Waals surface area contributed by atoms with E-state index < -0.39 is 75.3 Å². The van der Waals surface area contributed by atoms with Gasteiger partial charge in [-0.25, -0.2) is 9.29 Å². The third-order valence-electron chi connectivity index (χ3n) is 9.24. The molecule has 3 fully saturated rings. The van der Waals surface area contributed by atoms with Crippen molar-refractivity contribution < 1.29 is 43.3 Å². The van der Waals surface area contributed by atoms with E-state index in [9.17, 15) is 38.6 Å². The number of allylic oxidation sites excluding steroid dienone is 2. The van der Waals surface area contributed by atoms with Gasteiger partial charge in [-0.2, -0.15) is 0 Å². The number of phenolic OH excluding ortho intramolecular Hbond substituents is 1. The lowest BCUT2D eigenvalue weighted by molar-refractivity contribution is -0.142. The lowest BCUT2D eigenvalue weighted by Crippen LogP contribution is -2.60. The van der Waals surface area contributed by atoms with Gasteiger partial charge in [-0.05, 0) is 86.5 Å². The van der Waals surface area contributed by atoms with Crippen LogP contribution in [0.2, 0.25) is 0 Å². The van der Waals surface area contributed by atoms with Crippen LogP contribution >= 0.6 is 55.1 Å². The van der Waals surface area contributed by atoms with Gasteiger partial charge in [0.2, 0.25) is 11.8 Å². The number of nitrogens with zero attached hydrogens (tertiary/aromatic N) is 2. The zero-order valence-electron chi connectivity index (χ0n) is 23.2. The maximum absolute atomic E-state index is 14.5. The van der Waals surface area contributed by atoms with Crippen molar-refractivity contribution in [1.29, 1.82) is 0 Å². The van der Waals surface area contributed by atoms with E-state index in [0.29, 0.717) is 11.1 Å². The Bertz CT molecular complexity index is 1740. The molecule has 0 spiro atoms. The first kappa shape index (κ1) is 32.0. The Labute approximate surface area is 282 Å². The molecule has 6 rings (SSSR count). The number of aliphatic carboxylic acids is 1. The number of carbonyl (C=O) groups is 5. The molecule has 6 unspecified atom stereocenters. The van der Waals surface area contributed by atoms with Crippen molar-refractivity contribution in [2.75, 3.05) is 18.6 Å². The molecule has 0 bridgehead atoms. The van der Waals surface area contributed by atoms with Crippen molar-refractivity contribution in [1.82, 2.24) is 4.90 Å². The molecule has 0 aromatic heterocycles. The quantitative estimate of drug-likeness (QED) is 0.234. The molecule has 2 aromatic rings. The van der Waals surface area contributed by atoms with Crippen molar-refractivity contribution in [2.24, 2.45) is 17.8 Å². The molecule has 2 heterocycles. The lowest BCUT2D eigenvalue weighted by atomic mass is 9.56. The van der Waals surface area contributed by atoms with Gasteiger partial charge in [0.1, 0.15) is 5.82 Å². The van der Waals surface area contributed by atoms with Crippen molar-refractivity contribution in [3.63, 3.8) is 0 Å². The Balaban J connectivity index is 1.57. The summed E-state index contributed by atoms with van der Waals surface area (Å²) in [5.41, 5.74) is 0.809. The second-order valence-corrected chi connectivity index (χ2v) is 14.2. The fraction of sp³-hybridized carbons (Fsp3) is 0.367. The van der Waals surface area contributed by atoms with Crippen LogP contribution in [-0.2, 0) is 24.0 Å². The third-order valence-corrected chi connectivity index (χ3v) is 12.8. The number of ether oxygens (including phenoxy) is 1. The Morgan fingerprint density at radius 1 is 1.07 bits per heavy atom. The summed E-state index contributed by atoms with van der Waals surface area (Å²) in [6.45, 7) is -0.319. The Morgan fingerprint density at radius 3 is 2.36 bits per heavy atom. The molecule has 2 aliphatic heterocycles. The van der Waals surface area contributed by atoms with E-state index in [4.69, 9.17) is 27.9 Å². The van der Waals surface area contributed by atoms with Crippen LogP contribution in [0.25, 0.3) is 0 Å². The number of hydrogen-bond donors (Lipinski definition) is 2. The summed E-state index contributed by atoms with van der Waals surface area (Å²) in [6.07, 6.45) is 1.06. The first-order valence-electron chi connectivity index (χ1n) is 13.7. The number of carboxylic acids is 1. The molecular formula is C30H23Br2Cl2FN2O8. The molecule has 4 aliphatic rings. The number of phenols is 1. The summed E-state index contributed by atoms with van der Waals surface area (Å²) in [5, 5.41) is 19.9. The topological polar surface area (TPSA) is 142 Å². The monoisotopic (exact) mass is 786 g/mol. The third kappa shape index (κ3) is 4.40. The van der Waals surface area contributed by atoms with Crippen LogP contribution in [-0.4, -0.2) is 68.1 Å². The van der Waals surface area contributed by atoms with Gasteiger partial charge in [0.05, 0.1) is 35.5 Å². The number of amides is 4. The number of rotatable bonds is 6. The first-order valence-corrected chi connectivity index (χ1v) is 16.1. The molecule has 6 atom stereocenters. The Morgan fingerprint density at radius 2 is 1.73 bits per heavy atom. The fourth-order valence-electron chi connectivity index (χ4n) is 7.21. The number of anilines is 1. The molecule has 15 heteroatoms. The van der Waals surface area contributed by atoms with E-state index in [1.54, 1.807) is 6.08 Å². The summed E-state index contributed by atoms with van der Waals surface area (Å²) >= 11 is 21.5. The molecule has 2 aromatic carbocycles. The summed E-state index contributed by atoms with van der Waals surface area (Å²) in [5.74, 6) is -8.82. The number of carbonyl (C=O) groups excluding carboxylic acids is 4. The average molecular weight is 789 g/mol. The smallest absolute Gasteiger partial charge is 0.305 e. The molecule has 45 heavy (non-hydrogen) atoms. The maximum atomic E-state index is 14.5. The minimum atomic E-state index is -2.20. The molecular weight excluding hydrogens is 766 g/mol. The molecule has 10 nitrogen and oxygen atoms in total. The summed E-state index contributed by atoms with van der Waals surface area (Å²) in [7, 11) is 1.32. The molecule has 2 N–H and O–H groups in total. The predicted molar refractivity (Wildman–Crippen MR) is 166 cm³/mol. The van der Waals surface area contributed by atoms with Gasteiger partial charge in [-0.3, -0.25) is 28.9 Å². The Hall–Kier alpha value is -3.00. The van der Waals surface area contributed by atoms with Crippen molar-refractivity contribution in [3.8, 4) is 11.5 Å². The summed E-state index contributed by atoms with van der Waals surface area (Å²) in [6, 6.07) is 6.10. The first-order chi connectivity index (χ1) is 21.2. The number of methoxy groups -OCH3 is 1. The van der Waals surface area contributed by atoms with Crippen LogP contribution in [0.5, 0.6) is 11.5 Å². The molecule has 4 amide bonds. The van der Waals surface area contributed by atoms with Gasteiger partial charge >= 0.3 is 5.97 Å². The van der Waals surface area contributed by atoms with E-state index in [2.05, 4.69) is 31.9 Å². The van der Waals surface area contributed by atoms with E-state index >= 15 is 0 Å². The zero-order chi connectivity index (χ0) is 32.7. The summed E-state index contributed by atoms with van der Waals surface area (Å²) in [4.78, 5) is 64.6. The highest BCUT2D eigenvalue weighted by molar-refractivity contribution is 9.13. The van der Waals surface area contributed by atoms with Gasteiger partial charge in [0.15, 0.2) is 21.2 Å². The summed E-state index contributed by atoms with van der Waals surface area (Å²) < 4.78 is 19.6. The van der Waals surface area contributed by atoms with Crippen LogP contribution < -0.4 is 9.64 Å². The second kappa shape index (κ2) is 11.1. The van der Waals surface area contributed by atoms with E-state index in [1.807, 2.05) is 0 Å². The lowest BCUT2D eigenvalue weighted by Gasteiger charge is -2.51. The van der Waals surface area contributed by atoms with Crippen LogP contribution in [0.1, 0.15) is 30.7 Å². The van der Waals surface area contributed by atoms with Crippen LogP contribution in [0, 0.1) is 23.6 Å². The number of hydrogen-bond acceptors (Lipinski definition) is 7. The number of alkyl halides is 2. The van der Waals surface area contributed by atoms with Gasteiger partial charge in [-0.1, -0.05) is 11.6 Å². The number of fused-ring (bicyclic) bond motifs is 4. The molecule has 2 saturated heterocycles. The number of aromatic hydroxyl groups is 1. The standard InChI is InChI=1S/C30H23Br2Cl2FN2O8/c1-45-18-10-16(22(31)23(32)24(18)40)21-14-6-7-15-20(26(42)36(25(15)41)9-8-19(38)39)17(14)11-29(33)27(43)37(28(44)30(21,29)34)13-4-2-12(35)3-5-13/h2-6,10,15,17,20-21,40H,7-9,11H2,1H3,(H,38,39). The number of carboxylic acid groups (broad SMARTS) is 1. The predicted octanol–water partition coefficient (Wildman–Crippen LogP) is 5.10. The fourth-order valence-corrected chi connectivity index (χ4v) is 9.10. The Kier molecular flexibility index (Phi) is 7.86. The largest absolute Gasteiger partial charge is 0.503 e. The highest BCUT2D eigenvalue weighted by Crippen LogP contribution is 2.67. The minimum Gasteiger partial charge on any atom is -0.503 e. The van der Waals surface area contributed by atoms with Crippen LogP contribution in [0.15, 0.2) is 50.9 Å². The number of benzene rings is 2.